The lowest BCUT2D eigenvalue weighted by atomic mass is 10.1. The largest absolute Gasteiger partial charge is 0.304 e. The molecule has 2 heterocycles. The van der Waals surface area contributed by atoms with Gasteiger partial charge in [0.1, 0.15) is 0 Å². The minimum Gasteiger partial charge on any atom is -0.304 e. The quantitative estimate of drug-likeness (QED) is 0.844. The highest BCUT2D eigenvalue weighted by atomic mass is 15.3. The van der Waals surface area contributed by atoms with E-state index in [9.17, 15) is 0 Å². The lowest BCUT2D eigenvalue weighted by molar-refractivity contribution is 0.155. The van der Waals surface area contributed by atoms with E-state index in [4.69, 9.17) is 0 Å². The highest BCUT2D eigenvalue weighted by Crippen LogP contribution is 2.10. The second-order valence-electron chi connectivity index (χ2n) is 5.51. The van der Waals surface area contributed by atoms with Crippen molar-refractivity contribution in [2.24, 2.45) is 0 Å². The Morgan fingerprint density at radius 2 is 1.80 bits per heavy atom. The van der Waals surface area contributed by atoms with Gasteiger partial charge in [0.25, 0.3) is 0 Å². The molecule has 1 aliphatic heterocycles. The van der Waals surface area contributed by atoms with Gasteiger partial charge in [-0.15, -0.1) is 0 Å². The molecule has 1 aromatic carbocycles. The van der Waals surface area contributed by atoms with Gasteiger partial charge in [0.05, 0.1) is 5.69 Å². The molecule has 0 unspecified atom stereocenters. The summed E-state index contributed by atoms with van der Waals surface area (Å²) in [6.45, 7) is 5.94. The molecule has 106 valence electrons. The van der Waals surface area contributed by atoms with Crippen molar-refractivity contribution >= 4 is 0 Å². The molecule has 1 saturated heterocycles. The highest BCUT2D eigenvalue weighted by Gasteiger charge is 2.12. The Labute approximate surface area is 120 Å². The van der Waals surface area contributed by atoms with Crippen molar-refractivity contribution in [3.63, 3.8) is 0 Å². The van der Waals surface area contributed by atoms with E-state index >= 15 is 0 Å². The first kappa shape index (κ1) is 13.3. The van der Waals surface area contributed by atoms with Crippen LogP contribution in [-0.4, -0.2) is 59.4 Å². The fraction of sp³-hybridized carbons (Fsp3) is 0.438. The number of hydrogen-bond acceptors (Lipinski definition) is 3. The minimum atomic E-state index is 1.12. The summed E-state index contributed by atoms with van der Waals surface area (Å²) in [5.74, 6) is 0. The summed E-state index contributed by atoms with van der Waals surface area (Å²) in [6.07, 6.45) is 4.91. The predicted octanol–water partition coefficient (Wildman–Crippen LogP) is 1.66. The van der Waals surface area contributed by atoms with Crippen molar-refractivity contribution in [3.05, 3.63) is 48.3 Å². The smallest absolute Gasteiger partial charge is 0.0645 e. The molecule has 0 aliphatic carbocycles. The zero-order valence-electron chi connectivity index (χ0n) is 12.1. The molecule has 20 heavy (non-hydrogen) atoms. The first-order valence-corrected chi connectivity index (χ1v) is 7.31. The number of aromatic nitrogens is 2. The van der Waals surface area contributed by atoms with E-state index in [0.717, 1.165) is 18.7 Å². The summed E-state index contributed by atoms with van der Waals surface area (Å²) < 4.78 is 1.89. The van der Waals surface area contributed by atoms with E-state index < -0.39 is 0 Å². The SMILES string of the molecule is CN1CCN(CCc2ccc(-n3cccn3)cc2)CC1. The molecule has 0 atom stereocenters. The number of hydrogen-bond donors (Lipinski definition) is 0. The third-order valence-electron chi connectivity index (χ3n) is 4.02. The molecule has 1 aromatic heterocycles. The van der Waals surface area contributed by atoms with Crippen molar-refractivity contribution in [1.82, 2.24) is 19.6 Å². The van der Waals surface area contributed by atoms with Gasteiger partial charge in [0, 0.05) is 45.1 Å². The minimum absolute atomic E-state index is 1.12. The van der Waals surface area contributed by atoms with Crippen LogP contribution in [0.3, 0.4) is 0 Å². The van der Waals surface area contributed by atoms with Crippen LogP contribution in [0, 0.1) is 0 Å². The van der Waals surface area contributed by atoms with Crippen LogP contribution in [0.1, 0.15) is 5.56 Å². The lowest BCUT2D eigenvalue weighted by Gasteiger charge is -2.32. The first-order chi connectivity index (χ1) is 9.81. The van der Waals surface area contributed by atoms with Crippen LogP contribution in [0.5, 0.6) is 0 Å². The summed E-state index contributed by atoms with van der Waals surface area (Å²) in [5.41, 5.74) is 2.53. The molecule has 1 aliphatic rings. The van der Waals surface area contributed by atoms with E-state index in [1.54, 1.807) is 6.20 Å². The van der Waals surface area contributed by atoms with Crippen LogP contribution in [0.25, 0.3) is 5.69 Å². The summed E-state index contributed by atoms with van der Waals surface area (Å²) >= 11 is 0. The molecular weight excluding hydrogens is 248 g/mol. The van der Waals surface area contributed by atoms with Crippen LogP contribution in [0.4, 0.5) is 0 Å². The molecule has 0 N–H and O–H groups in total. The normalized spacial score (nSPS) is 17.4. The topological polar surface area (TPSA) is 24.3 Å². The number of piperazine rings is 1. The van der Waals surface area contributed by atoms with Gasteiger partial charge in [-0.25, -0.2) is 4.68 Å². The maximum atomic E-state index is 4.25. The summed E-state index contributed by atoms with van der Waals surface area (Å²) in [6, 6.07) is 10.7. The van der Waals surface area contributed by atoms with Gasteiger partial charge in [0.2, 0.25) is 0 Å². The van der Waals surface area contributed by atoms with Crippen LogP contribution in [0.2, 0.25) is 0 Å². The molecule has 1 fully saturated rings. The second kappa shape index (κ2) is 6.20. The zero-order chi connectivity index (χ0) is 13.8. The van der Waals surface area contributed by atoms with Gasteiger partial charge < -0.3 is 9.80 Å². The Hall–Kier alpha value is -1.65. The van der Waals surface area contributed by atoms with Crippen molar-refractivity contribution in [2.75, 3.05) is 39.8 Å². The third-order valence-corrected chi connectivity index (χ3v) is 4.02. The monoisotopic (exact) mass is 270 g/mol. The Kier molecular flexibility index (Phi) is 4.14. The summed E-state index contributed by atoms with van der Waals surface area (Å²) in [7, 11) is 2.20. The Balaban J connectivity index is 1.53. The fourth-order valence-electron chi connectivity index (χ4n) is 2.60. The third kappa shape index (κ3) is 3.26. The molecule has 0 saturated carbocycles. The Morgan fingerprint density at radius 3 is 2.45 bits per heavy atom. The van der Waals surface area contributed by atoms with Crippen LogP contribution >= 0.6 is 0 Å². The molecule has 4 heteroatoms. The molecule has 0 bridgehead atoms. The van der Waals surface area contributed by atoms with E-state index in [-0.39, 0.29) is 0 Å². The Morgan fingerprint density at radius 1 is 1.05 bits per heavy atom. The predicted molar refractivity (Wildman–Crippen MR) is 81.2 cm³/mol. The lowest BCUT2D eigenvalue weighted by Crippen LogP contribution is -2.45. The first-order valence-electron chi connectivity index (χ1n) is 7.31. The fourth-order valence-corrected chi connectivity index (χ4v) is 2.60. The van der Waals surface area contributed by atoms with Crippen LogP contribution < -0.4 is 0 Å². The maximum absolute atomic E-state index is 4.25. The van der Waals surface area contributed by atoms with Crippen LogP contribution in [-0.2, 0) is 6.42 Å². The van der Waals surface area contributed by atoms with Crippen molar-refractivity contribution in [1.29, 1.82) is 0 Å². The maximum Gasteiger partial charge on any atom is 0.0645 e. The average Bonchev–Trinajstić information content (AvgIpc) is 3.01. The van der Waals surface area contributed by atoms with E-state index in [0.29, 0.717) is 0 Å². The Bertz CT molecular complexity index is 510. The van der Waals surface area contributed by atoms with Gasteiger partial charge in [0.15, 0.2) is 0 Å². The molecule has 0 radical (unpaired) electrons. The van der Waals surface area contributed by atoms with Crippen LogP contribution in [0.15, 0.2) is 42.7 Å². The molecule has 2 aromatic rings. The molecule has 0 spiro atoms. The van der Waals surface area contributed by atoms with Crippen molar-refractivity contribution in [3.8, 4) is 5.69 Å². The van der Waals surface area contributed by atoms with Gasteiger partial charge in [-0.05, 0) is 37.2 Å². The summed E-state index contributed by atoms with van der Waals surface area (Å²) in [5, 5.41) is 4.25. The highest BCUT2D eigenvalue weighted by molar-refractivity contribution is 5.33. The summed E-state index contributed by atoms with van der Waals surface area (Å²) in [4.78, 5) is 4.96. The van der Waals surface area contributed by atoms with E-state index in [1.165, 1.54) is 31.7 Å². The van der Waals surface area contributed by atoms with Gasteiger partial charge in [-0.2, -0.15) is 5.10 Å². The van der Waals surface area contributed by atoms with Gasteiger partial charge in [-0.3, -0.25) is 0 Å². The molecular formula is C16H22N4. The van der Waals surface area contributed by atoms with E-state index in [2.05, 4.69) is 46.2 Å². The second-order valence-corrected chi connectivity index (χ2v) is 5.51. The van der Waals surface area contributed by atoms with Gasteiger partial charge in [-0.1, -0.05) is 12.1 Å². The number of rotatable bonds is 4. The van der Waals surface area contributed by atoms with E-state index in [1.807, 2.05) is 16.9 Å². The standard InChI is InChI=1S/C16H22N4/c1-18-11-13-19(14-12-18)10-7-15-3-5-16(6-4-15)20-9-2-8-17-20/h2-6,8-9H,7,10-14H2,1H3. The molecule has 0 amide bonds. The molecule has 4 nitrogen and oxygen atoms in total. The van der Waals surface area contributed by atoms with Crippen molar-refractivity contribution < 1.29 is 0 Å². The van der Waals surface area contributed by atoms with Crippen molar-refractivity contribution in [2.45, 2.75) is 6.42 Å². The number of nitrogens with zero attached hydrogens (tertiary/aromatic N) is 4. The zero-order valence-corrected chi connectivity index (χ0v) is 12.1. The number of likely N-dealkylation sites (N-methyl/N-ethyl adjacent to an activating group) is 1. The molecule has 3 rings (SSSR count). The average molecular weight is 270 g/mol. The number of benzene rings is 1. The van der Waals surface area contributed by atoms with Gasteiger partial charge >= 0.3 is 0 Å².